The van der Waals surface area contributed by atoms with Gasteiger partial charge in [-0.2, -0.15) is 13.2 Å². The Kier molecular flexibility index (Phi) is 5.52. The number of halogens is 3. The first-order valence-corrected chi connectivity index (χ1v) is 9.81. The molecule has 7 nitrogen and oxygen atoms in total. The van der Waals surface area contributed by atoms with Crippen LogP contribution in [0.2, 0.25) is 0 Å². The average molecular weight is 460 g/mol. The Hall–Kier alpha value is -3.95. The molecule has 1 aromatic carbocycles. The number of hydrogen-bond donors (Lipinski definition) is 1. The van der Waals surface area contributed by atoms with Crippen LogP contribution in [0, 0.1) is 6.92 Å². The van der Waals surface area contributed by atoms with Gasteiger partial charge < -0.3 is 24.2 Å². The number of benzene rings is 1. The number of aryl methyl sites for hydroxylation is 1. The molecule has 0 aliphatic carbocycles. The van der Waals surface area contributed by atoms with Crippen molar-refractivity contribution in [2.45, 2.75) is 25.6 Å². The Morgan fingerprint density at radius 2 is 1.91 bits per heavy atom. The van der Waals surface area contributed by atoms with Crippen LogP contribution in [0.3, 0.4) is 0 Å². The fourth-order valence-corrected chi connectivity index (χ4v) is 3.85. The van der Waals surface area contributed by atoms with Crippen LogP contribution >= 0.6 is 0 Å². The van der Waals surface area contributed by atoms with Crippen LogP contribution in [0.1, 0.15) is 34.1 Å². The molecule has 3 heterocycles. The van der Waals surface area contributed by atoms with E-state index in [1.807, 2.05) is 0 Å². The minimum Gasteiger partial charge on any atom is -0.467 e. The van der Waals surface area contributed by atoms with Gasteiger partial charge >= 0.3 is 12.1 Å². The van der Waals surface area contributed by atoms with Crippen LogP contribution in [-0.4, -0.2) is 17.6 Å². The van der Waals surface area contributed by atoms with Gasteiger partial charge in [-0.25, -0.2) is 4.79 Å². The van der Waals surface area contributed by atoms with Gasteiger partial charge in [-0.15, -0.1) is 0 Å². The van der Waals surface area contributed by atoms with Crippen LogP contribution in [0.5, 0.6) is 5.75 Å². The summed E-state index contributed by atoms with van der Waals surface area (Å²) in [7, 11) is 1.13. The molecule has 0 amide bonds. The van der Waals surface area contributed by atoms with Crippen molar-refractivity contribution in [3.05, 3.63) is 98.7 Å². The number of carbonyl (C=O) groups is 1. The highest BCUT2D eigenvalue weighted by Crippen LogP contribution is 2.42. The lowest BCUT2D eigenvalue weighted by atomic mass is 9.83. The summed E-state index contributed by atoms with van der Waals surface area (Å²) in [4.78, 5) is 26.2. The lowest BCUT2D eigenvalue weighted by Crippen LogP contribution is -2.35. The van der Waals surface area contributed by atoms with E-state index >= 15 is 0 Å². The summed E-state index contributed by atoms with van der Waals surface area (Å²) < 4.78 is 56.4. The second-order valence-corrected chi connectivity index (χ2v) is 7.46. The van der Waals surface area contributed by atoms with E-state index in [4.69, 9.17) is 19.6 Å². The van der Waals surface area contributed by atoms with E-state index in [1.165, 1.54) is 23.0 Å². The summed E-state index contributed by atoms with van der Waals surface area (Å²) in [5.41, 5.74) is 5.31. The lowest BCUT2D eigenvalue weighted by Gasteiger charge is -2.29. The third-order valence-corrected chi connectivity index (χ3v) is 5.44. The summed E-state index contributed by atoms with van der Waals surface area (Å²) >= 11 is 0. The van der Waals surface area contributed by atoms with Crippen molar-refractivity contribution in [3.8, 4) is 5.75 Å². The topological polar surface area (TPSA) is 96.7 Å². The number of ether oxygens (including phenoxy) is 2. The molecule has 0 fully saturated rings. The summed E-state index contributed by atoms with van der Waals surface area (Å²) in [6, 6.07) is 9.13. The van der Waals surface area contributed by atoms with Crippen molar-refractivity contribution >= 4 is 5.97 Å². The number of pyridine rings is 1. The number of alkyl halides is 3. The standard InChI is InChI=1S/C23H19F3N2O5/c1-12-10-16-18(21(29)28(12)11-15-4-3-9-32-15)17(19(20(27)33-16)22(30)31-2)13-5-7-14(8-6-13)23(24,25)26/h3-10,17H,11,27H2,1-2H3/t17-/m0/s1. The van der Waals surface area contributed by atoms with Crippen molar-refractivity contribution in [2.75, 3.05) is 7.11 Å². The Bertz CT molecular complexity index is 1290. The molecule has 0 saturated carbocycles. The summed E-state index contributed by atoms with van der Waals surface area (Å²) in [5, 5.41) is 0. The number of rotatable bonds is 4. The lowest BCUT2D eigenvalue weighted by molar-refractivity contribution is -0.138. The quantitative estimate of drug-likeness (QED) is 0.597. The first kappa shape index (κ1) is 22.3. The predicted octanol–water partition coefficient (Wildman–Crippen LogP) is 3.68. The van der Waals surface area contributed by atoms with Crippen LogP contribution in [0.15, 0.2) is 69.4 Å². The van der Waals surface area contributed by atoms with Crippen molar-refractivity contribution in [3.63, 3.8) is 0 Å². The van der Waals surface area contributed by atoms with Gasteiger partial charge in [0.15, 0.2) is 0 Å². The number of fused-ring (bicyclic) bond motifs is 1. The number of esters is 1. The highest BCUT2D eigenvalue weighted by Gasteiger charge is 2.39. The van der Waals surface area contributed by atoms with Crippen LogP contribution < -0.4 is 16.0 Å². The SMILES string of the molecule is COC(=O)C1=C(N)Oc2cc(C)n(Cc3ccco3)c(=O)c2[C@@H]1c1ccc(C(F)(F)F)cc1. The first-order chi connectivity index (χ1) is 15.6. The van der Waals surface area contributed by atoms with Gasteiger partial charge in [0.25, 0.3) is 5.56 Å². The van der Waals surface area contributed by atoms with E-state index in [9.17, 15) is 22.8 Å². The number of furan rings is 1. The van der Waals surface area contributed by atoms with Gasteiger partial charge in [-0.05, 0) is 36.8 Å². The molecule has 2 aromatic heterocycles. The number of methoxy groups -OCH3 is 1. The van der Waals surface area contributed by atoms with Gasteiger partial charge in [-0.3, -0.25) is 4.79 Å². The second kappa shape index (κ2) is 8.19. The number of hydrogen-bond acceptors (Lipinski definition) is 6. The zero-order valence-electron chi connectivity index (χ0n) is 17.6. The molecule has 0 unspecified atom stereocenters. The molecule has 1 atom stereocenters. The molecule has 1 aliphatic rings. The molecule has 4 rings (SSSR count). The third kappa shape index (κ3) is 3.99. The molecule has 172 valence electrons. The summed E-state index contributed by atoms with van der Waals surface area (Å²) in [6.07, 6.45) is -3.07. The van der Waals surface area contributed by atoms with Crippen LogP contribution in [0.25, 0.3) is 0 Å². The van der Waals surface area contributed by atoms with Crippen molar-refractivity contribution in [1.29, 1.82) is 0 Å². The molecule has 3 aromatic rings. The van der Waals surface area contributed by atoms with E-state index in [0.717, 1.165) is 19.2 Å². The average Bonchev–Trinajstić information content (AvgIpc) is 3.28. The molecule has 33 heavy (non-hydrogen) atoms. The molecule has 0 bridgehead atoms. The molecular formula is C23H19F3N2O5. The Morgan fingerprint density at radius 1 is 1.21 bits per heavy atom. The van der Waals surface area contributed by atoms with Crippen LogP contribution in [-0.2, 0) is 22.3 Å². The van der Waals surface area contributed by atoms with E-state index in [-0.39, 0.29) is 34.9 Å². The largest absolute Gasteiger partial charge is 0.467 e. The Labute approximate surface area is 185 Å². The van der Waals surface area contributed by atoms with Gasteiger partial charge in [0, 0.05) is 11.8 Å². The monoisotopic (exact) mass is 460 g/mol. The zero-order chi connectivity index (χ0) is 23.9. The molecule has 10 heteroatoms. The van der Waals surface area contributed by atoms with Gasteiger partial charge in [0.2, 0.25) is 5.88 Å². The first-order valence-electron chi connectivity index (χ1n) is 9.81. The molecular weight excluding hydrogens is 441 g/mol. The van der Waals surface area contributed by atoms with Crippen molar-refractivity contribution < 1.29 is 31.9 Å². The predicted molar refractivity (Wildman–Crippen MR) is 110 cm³/mol. The van der Waals surface area contributed by atoms with E-state index in [2.05, 4.69) is 0 Å². The summed E-state index contributed by atoms with van der Waals surface area (Å²) in [6.45, 7) is 1.80. The van der Waals surface area contributed by atoms with Crippen LogP contribution in [0.4, 0.5) is 13.2 Å². The van der Waals surface area contributed by atoms with Crippen molar-refractivity contribution in [1.82, 2.24) is 4.57 Å². The fourth-order valence-electron chi connectivity index (χ4n) is 3.85. The number of aromatic nitrogens is 1. The third-order valence-electron chi connectivity index (χ3n) is 5.44. The maximum Gasteiger partial charge on any atom is 0.416 e. The van der Waals surface area contributed by atoms with E-state index in [1.54, 1.807) is 25.1 Å². The molecule has 0 saturated heterocycles. The number of carbonyl (C=O) groups excluding carboxylic acids is 1. The molecule has 0 radical (unpaired) electrons. The minimum atomic E-state index is -4.54. The van der Waals surface area contributed by atoms with E-state index in [0.29, 0.717) is 11.5 Å². The number of nitrogens with two attached hydrogens (primary N) is 1. The van der Waals surface area contributed by atoms with Gasteiger partial charge in [0.05, 0.1) is 37.0 Å². The van der Waals surface area contributed by atoms with E-state index < -0.39 is 29.2 Å². The highest BCUT2D eigenvalue weighted by molar-refractivity contribution is 5.92. The number of nitrogens with zero attached hydrogens (tertiary/aromatic N) is 1. The van der Waals surface area contributed by atoms with Gasteiger partial charge in [0.1, 0.15) is 17.1 Å². The Balaban J connectivity index is 1.93. The maximum atomic E-state index is 13.6. The maximum absolute atomic E-state index is 13.6. The summed E-state index contributed by atoms with van der Waals surface area (Å²) in [5.74, 6) is -1.61. The Morgan fingerprint density at radius 3 is 2.48 bits per heavy atom. The second-order valence-electron chi connectivity index (χ2n) is 7.46. The molecule has 1 aliphatic heterocycles. The van der Waals surface area contributed by atoms with Crippen molar-refractivity contribution in [2.24, 2.45) is 5.73 Å². The molecule has 0 spiro atoms. The highest BCUT2D eigenvalue weighted by atomic mass is 19.4. The fraction of sp³-hybridized carbons (Fsp3) is 0.217. The molecule has 2 N–H and O–H groups in total. The van der Waals surface area contributed by atoms with Gasteiger partial charge in [-0.1, -0.05) is 12.1 Å². The minimum absolute atomic E-state index is 0.0570. The smallest absolute Gasteiger partial charge is 0.416 e. The zero-order valence-corrected chi connectivity index (χ0v) is 17.6. The normalized spacial score (nSPS) is 15.7.